The molecule has 0 fully saturated rings. The largest absolute Gasteiger partial charge is 0.490 e. The van der Waals surface area contributed by atoms with E-state index >= 15 is 0 Å². The molecule has 2 aromatic rings. The fraction of sp³-hybridized carbons (Fsp3) is 0.400. The summed E-state index contributed by atoms with van der Waals surface area (Å²) in [5, 5.41) is 9.80. The molecule has 0 unspecified atom stereocenters. The Labute approximate surface area is 104 Å². The number of ether oxygens (including phenoxy) is 1. The molecule has 2 rings (SSSR count). The van der Waals surface area contributed by atoms with Gasteiger partial charge in [-0.3, -0.25) is 0 Å². The second-order valence-electron chi connectivity index (χ2n) is 3.38. The molecule has 2 N–H and O–H groups in total. The van der Waals surface area contributed by atoms with Crippen LogP contribution in [0.15, 0.2) is 17.2 Å². The Kier molecular flexibility index (Phi) is 3.90. The van der Waals surface area contributed by atoms with Crippen LogP contribution in [0.3, 0.4) is 0 Å². The summed E-state index contributed by atoms with van der Waals surface area (Å²) in [4.78, 5) is 12.1. The first-order valence-electron chi connectivity index (χ1n) is 5.41. The molecule has 0 aliphatic carbocycles. The number of hydrogen-bond donors (Lipinski definition) is 2. The highest BCUT2D eigenvalue weighted by Gasteiger charge is 2.10. The van der Waals surface area contributed by atoms with E-state index < -0.39 is 0 Å². The molecule has 8 nitrogen and oxygen atoms in total. The summed E-state index contributed by atoms with van der Waals surface area (Å²) in [7, 11) is 3.35. The van der Waals surface area contributed by atoms with Gasteiger partial charge in [-0.2, -0.15) is 4.98 Å². The third-order valence-electron chi connectivity index (χ3n) is 2.29. The summed E-state index contributed by atoms with van der Waals surface area (Å²) in [5.41, 5.74) is 0. The quantitative estimate of drug-likeness (QED) is 0.767. The minimum atomic E-state index is 0.577. The van der Waals surface area contributed by atoms with E-state index in [1.165, 1.54) is 12.7 Å². The lowest BCUT2D eigenvalue weighted by Gasteiger charge is -2.11. The Morgan fingerprint density at radius 1 is 1.28 bits per heavy atom. The normalized spacial score (nSPS) is 10.1. The average molecular weight is 250 g/mol. The van der Waals surface area contributed by atoms with Crippen molar-refractivity contribution in [1.82, 2.24) is 20.1 Å². The van der Waals surface area contributed by atoms with Crippen molar-refractivity contribution in [2.24, 2.45) is 0 Å². The molecule has 0 aliphatic heterocycles. The molecule has 0 radical (unpaired) electrons. The monoisotopic (exact) mass is 250 g/mol. The molecule has 96 valence electrons. The van der Waals surface area contributed by atoms with Gasteiger partial charge in [0.05, 0.1) is 7.11 Å². The lowest BCUT2D eigenvalue weighted by molar-refractivity contribution is 0.410. The number of anilines is 2. The van der Waals surface area contributed by atoms with Gasteiger partial charge in [0.15, 0.2) is 17.5 Å². The molecule has 18 heavy (non-hydrogen) atoms. The van der Waals surface area contributed by atoms with Crippen LogP contribution in [0.25, 0.3) is 0 Å². The second-order valence-corrected chi connectivity index (χ2v) is 3.38. The van der Waals surface area contributed by atoms with Gasteiger partial charge in [0.2, 0.25) is 12.1 Å². The molecule has 0 amide bonds. The van der Waals surface area contributed by atoms with Gasteiger partial charge in [0.25, 0.3) is 0 Å². The van der Waals surface area contributed by atoms with E-state index in [-0.39, 0.29) is 0 Å². The molecule has 2 heterocycles. The maximum absolute atomic E-state index is 5.26. The minimum absolute atomic E-state index is 0.577. The third kappa shape index (κ3) is 2.65. The second kappa shape index (κ2) is 5.80. The van der Waals surface area contributed by atoms with Crippen LogP contribution in [0, 0.1) is 0 Å². The molecular weight excluding hydrogens is 236 g/mol. The van der Waals surface area contributed by atoms with Gasteiger partial charge in [-0.25, -0.2) is 9.97 Å². The van der Waals surface area contributed by atoms with Crippen molar-refractivity contribution in [2.75, 3.05) is 31.3 Å². The van der Waals surface area contributed by atoms with Crippen LogP contribution in [0.4, 0.5) is 11.6 Å². The smallest absolute Gasteiger partial charge is 0.213 e. The Balaban J connectivity index is 2.00. The van der Waals surface area contributed by atoms with Crippen LogP contribution in [0.5, 0.6) is 5.75 Å². The Morgan fingerprint density at radius 2 is 2.11 bits per heavy atom. The van der Waals surface area contributed by atoms with Crippen molar-refractivity contribution >= 4 is 11.6 Å². The first-order valence-corrected chi connectivity index (χ1v) is 5.41. The van der Waals surface area contributed by atoms with E-state index in [0.717, 1.165) is 0 Å². The van der Waals surface area contributed by atoms with E-state index in [2.05, 4.69) is 35.3 Å². The van der Waals surface area contributed by atoms with Crippen LogP contribution < -0.4 is 15.4 Å². The number of nitrogens with zero attached hydrogens (tertiary/aromatic N) is 4. The lowest BCUT2D eigenvalue weighted by Crippen LogP contribution is -2.10. The van der Waals surface area contributed by atoms with Crippen molar-refractivity contribution in [1.29, 1.82) is 0 Å². The van der Waals surface area contributed by atoms with Gasteiger partial charge < -0.3 is 19.9 Å². The third-order valence-corrected chi connectivity index (χ3v) is 2.29. The molecule has 0 saturated carbocycles. The molecule has 0 spiro atoms. The first-order chi connectivity index (χ1) is 8.85. The van der Waals surface area contributed by atoms with Crippen molar-refractivity contribution in [3.8, 4) is 5.75 Å². The van der Waals surface area contributed by atoms with E-state index in [4.69, 9.17) is 4.74 Å². The SMILES string of the molecule is CNc1ncnc(NCCc2ncon2)c1OC. The molecule has 0 saturated heterocycles. The highest BCUT2D eigenvalue weighted by molar-refractivity contribution is 5.63. The molecule has 0 aromatic carbocycles. The number of hydrogen-bond acceptors (Lipinski definition) is 8. The summed E-state index contributed by atoms with van der Waals surface area (Å²) < 4.78 is 9.90. The highest BCUT2D eigenvalue weighted by atomic mass is 16.5. The van der Waals surface area contributed by atoms with E-state index in [1.807, 2.05) is 0 Å². The number of rotatable bonds is 6. The standard InChI is InChI=1S/C10H14N6O2/c1-11-9-8(17-2)10(14-5-13-9)12-4-3-7-15-6-18-16-7/h5-6H,3-4H2,1-2H3,(H2,11,12,13,14). The van der Waals surface area contributed by atoms with Gasteiger partial charge >= 0.3 is 0 Å². The summed E-state index contributed by atoms with van der Waals surface area (Å²) in [6.45, 7) is 0.621. The zero-order valence-corrected chi connectivity index (χ0v) is 10.2. The highest BCUT2D eigenvalue weighted by Crippen LogP contribution is 2.28. The zero-order valence-electron chi connectivity index (χ0n) is 10.2. The molecule has 8 heteroatoms. The molecule has 2 aromatic heterocycles. The Hall–Kier alpha value is -2.38. The number of aromatic nitrogens is 4. The van der Waals surface area contributed by atoms with Gasteiger partial charge in [-0.1, -0.05) is 5.16 Å². The predicted octanol–water partition coefficient (Wildman–Crippen LogP) is 0.564. The molecule has 0 bridgehead atoms. The fourth-order valence-electron chi connectivity index (χ4n) is 1.47. The maximum Gasteiger partial charge on any atom is 0.213 e. The van der Waals surface area contributed by atoms with E-state index in [9.17, 15) is 0 Å². The molecular formula is C10H14N6O2. The molecule has 0 atom stereocenters. The van der Waals surface area contributed by atoms with E-state index in [0.29, 0.717) is 36.2 Å². The van der Waals surface area contributed by atoms with Crippen molar-refractivity contribution < 1.29 is 9.26 Å². The van der Waals surface area contributed by atoms with Crippen LogP contribution in [-0.2, 0) is 6.42 Å². The van der Waals surface area contributed by atoms with Gasteiger partial charge in [-0.15, -0.1) is 0 Å². The summed E-state index contributed by atoms with van der Waals surface area (Å²) in [6.07, 6.45) is 3.41. The topological polar surface area (TPSA) is 98.0 Å². The van der Waals surface area contributed by atoms with Crippen LogP contribution >= 0.6 is 0 Å². The van der Waals surface area contributed by atoms with Crippen molar-refractivity contribution in [2.45, 2.75) is 6.42 Å². The predicted molar refractivity (Wildman–Crippen MR) is 64.6 cm³/mol. The molecule has 0 aliphatic rings. The summed E-state index contributed by atoms with van der Waals surface area (Å²) >= 11 is 0. The van der Waals surface area contributed by atoms with Crippen LogP contribution in [0.2, 0.25) is 0 Å². The minimum Gasteiger partial charge on any atom is -0.490 e. The number of nitrogens with one attached hydrogen (secondary N) is 2. The Bertz CT molecular complexity index is 487. The summed E-state index contributed by atoms with van der Waals surface area (Å²) in [6, 6.07) is 0. The van der Waals surface area contributed by atoms with Crippen LogP contribution in [0.1, 0.15) is 5.82 Å². The zero-order chi connectivity index (χ0) is 12.8. The number of methoxy groups -OCH3 is 1. The van der Waals surface area contributed by atoms with Gasteiger partial charge in [-0.05, 0) is 0 Å². The van der Waals surface area contributed by atoms with Crippen molar-refractivity contribution in [3.63, 3.8) is 0 Å². The average Bonchev–Trinajstić information content (AvgIpc) is 2.91. The Morgan fingerprint density at radius 3 is 2.78 bits per heavy atom. The fourth-order valence-corrected chi connectivity index (χ4v) is 1.47. The van der Waals surface area contributed by atoms with Crippen LogP contribution in [-0.4, -0.2) is 40.8 Å². The van der Waals surface area contributed by atoms with E-state index in [1.54, 1.807) is 14.2 Å². The first kappa shape index (κ1) is 12.1. The lowest BCUT2D eigenvalue weighted by atomic mass is 10.4. The van der Waals surface area contributed by atoms with Crippen molar-refractivity contribution in [3.05, 3.63) is 18.5 Å². The van der Waals surface area contributed by atoms with Gasteiger partial charge in [0, 0.05) is 20.0 Å². The summed E-state index contributed by atoms with van der Waals surface area (Å²) in [5.74, 6) is 2.48. The van der Waals surface area contributed by atoms with Gasteiger partial charge in [0.1, 0.15) is 6.33 Å². The maximum atomic E-state index is 5.26.